The first-order chi connectivity index (χ1) is 12.0. The maximum absolute atomic E-state index is 13.3. The Labute approximate surface area is 145 Å². The number of benzene rings is 1. The molecule has 1 aliphatic rings. The van der Waals surface area contributed by atoms with E-state index >= 15 is 0 Å². The van der Waals surface area contributed by atoms with E-state index in [0.29, 0.717) is 13.1 Å². The Morgan fingerprint density at radius 2 is 1.88 bits per heavy atom. The molecule has 3 nitrogen and oxygen atoms in total. The molecular weight excluding hydrogens is 329 g/mol. The lowest BCUT2D eigenvalue weighted by molar-refractivity contribution is -0.138. The van der Waals surface area contributed by atoms with E-state index in [9.17, 15) is 13.2 Å². The minimum Gasteiger partial charge on any atom is -0.377 e. The molecule has 1 aromatic heterocycles. The first-order valence-corrected chi connectivity index (χ1v) is 8.41. The van der Waals surface area contributed by atoms with Crippen molar-refractivity contribution in [1.82, 2.24) is 9.88 Å². The van der Waals surface area contributed by atoms with Gasteiger partial charge in [-0.3, -0.25) is 9.88 Å². The van der Waals surface area contributed by atoms with Crippen LogP contribution in [0.3, 0.4) is 0 Å². The second-order valence-electron chi connectivity index (χ2n) is 6.28. The van der Waals surface area contributed by atoms with Crippen LogP contribution in [0.25, 0.3) is 0 Å². The summed E-state index contributed by atoms with van der Waals surface area (Å²) >= 11 is 0. The van der Waals surface area contributed by atoms with E-state index in [0.717, 1.165) is 31.2 Å². The summed E-state index contributed by atoms with van der Waals surface area (Å²) in [6.45, 7) is 2.03. The van der Waals surface area contributed by atoms with E-state index in [4.69, 9.17) is 4.74 Å². The molecule has 0 N–H and O–H groups in total. The van der Waals surface area contributed by atoms with Crippen molar-refractivity contribution in [2.45, 2.75) is 38.2 Å². The summed E-state index contributed by atoms with van der Waals surface area (Å²) < 4.78 is 45.5. The van der Waals surface area contributed by atoms with Gasteiger partial charge in [0.1, 0.15) is 0 Å². The minimum absolute atomic E-state index is 0.0711. The van der Waals surface area contributed by atoms with Crippen LogP contribution in [0.5, 0.6) is 0 Å². The molecule has 0 spiro atoms. The zero-order chi connectivity index (χ0) is 17.7. The van der Waals surface area contributed by atoms with Crippen molar-refractivity contribution in [3.05, 3.63) is 65.5 Å². The highest BCUT2D eigenvalue weighted by molar-refractivity contribution is 5.29. The third kappa shape index (κ3) is 5.03. The molecule has 1 unspecified atom stereocenters. The highest BCUT2D eigenvalue weighted by Crippen LogP contribution is 2.32. The van der Waals surface area contributed by atoms with Gasteiger partial charge in [0.2, 0.25) is 0 Å². The van der Waals surface area contributed by atoms with Crippen LogP contribution in [0.1, 0.15) is 29.7 Å². The summed E-state index contributed by atoms with van der Waals surface area (Å²) in [7, 11) is 0. The van der Waals surface area contributed by atoms with Gasteiger partial charge in [-0.25, -0.2) is 0 Å². The van der Waals surface area contributed by atoms with Crippen molar-refractivity contribution in [3.8, 4) is 0 Å². The molecule has 1 saturated heterocycles. The Hall–Kier alpha value is -1.92. The van der Waals surface area contributed by atoms with Crippen LogP contribution in [0.4, 0.5) is 13.2 Å². The fourth-order valence-electron chi connectivity index (χ4n) is 3.16. The molecule has 3 rings (SSSR count). The van der Waals surface area contributed by atoms with Crippen LogP contribution in [-0.2, 0) is 24.0 Å². The quantitative estimate of drug-likeness (QED) is 0.777. The molecule has 1 fully saturated rings. The van der Waals surface area contributed by atoms with Gasteiger partial charge in [0.25, 0.3) is 0 Å². The van der Waals surface area contributed by atoms with Gasteiger partial charge in [-0.15, -0.1) is 0 Å². The molecule has 0 radical (unpaired) electrons. The molecule has 134 valence electrons. The molecule has 0 bridgehead atoms. The zero-order valence-electron chi connectivity index (χ0n) is 13.9. The van der Waals surface area contributed by atoms with Crippen LogP contribution in [-0.4, -0.2) is 29.1 Å². The molecule has 1 atom stereocenters. The third-order valence-corrected chi connectivity index (χ3v) is 4.31. The summed E-state index contributed by atoms with van der Waals surface area (Å²) in [4.78, 5) is 6.29. The van der Waals surface area contributed by atoms with Crippen molar-refractivity contribution in [2.24, 2.45) is 0 Å². The Balaban J connectivity index is 1.79. The standard InChI is InChI=1S/C19H21F3N2O/c20-19(21,22)18-9-2-1-6-15(18)12-24(14-17-8-5-11-25-17)13-16-7-3-4-10-23-16/h1-4,6-7,9-10,17H,5,8,11-14H2. The SMILES string of the molecule is FC(F)(F)c1ccccc1CN(Cc1ccccn1)CC1CCCO1. The van der Waals surface area contributed by atoms with Gasteiger partial charge in [0, 0.05) is 32.4 Å². The molecule has 2 heterocycles. The highest BCUT2D eigenvalue weighted by atomic mass is 19.4. The van der Waals surface area contributed by atoms with Crippen LogP contribution in [0, 0.1) is 0 Å². The zero-order valence-corrected chi connectivity index (χ0v) is 13.9. The largest absolute Gasteiger partial charge is 0.416 e. The number of halogens is 3. The smallest absolute Gasteiger partial charge is 0.377 e. The van der Waals surface area contributed by atoms with Gasteiger partial charge in [-0.1, -0.05) is 24.3 Å². The molecule has 1 aromatic carbocycles. The van der Waals surface area contributed by atoms with Crippen LogP contribution in [0.2, 0.25) is 0 Å². The molecule has 2 aromatic rings. The summed E-state index contributed by atoms with van der Waals surface area (Å²) in [5.74, 6) is 0. The normalized spacial score (nSPS) is 18.0. The predicted molar refractivity (Wildman–Crippen MR) is 88.8 cm³/mol. The van der Waals surface area contributed by atoms with Crippen LogP contribution < -0.4 is 0 Å². The maximum Gasteiger partial charge on any atom is 0.416 e. The Kier molecular flexibility index (Phi) is 5.71. The number of rotatable bonds is 6. The molecule has 1 aliphatic heterocycles. The average Bonchev–Trinajstić information content (AvgIpc) is 3.08. The second-order valence-corrected chi connectivity index (χ2v) is 6.28. The van der Waals surface area contributed by atoms with E-state index in [-0.39, 0.29) is 18.2 Å². The average molecular weight is 350 g/mol. The van der Waals surface area contributed by atoms with E-state index in [1.165, 1.54) is 6.07 Å². The molecule has 0 saturated carbocycles. The second kappa shape index (κ2) is 7.97. The van der Waals surface area contributed by atoms with E-state index in [1.54, 1.807) is 18.3 Å². The predicted octanol–water partition coefficient (Wildman–Crippen LogP) is 4.28. The van der Waals surface area contributed by atoms with Gasteiger partial charge in [0.05, 0.1) is 17.4 Å². The maximum atomic E-state index is 13.3. The van der Waals surface area contributed by atoms with Gasteiger partial charge in [-0.05, 0) is 36.6 Å². The van der Waals surface area contributed by atoms with Crippen LogP contribution in [0.15, 0.2) is 48.7 Å². The van der Waals surface area contributed by atoms with E-state index in [2.05, 4.69) is 4.98 Å². The number of aromatic nitrogens is 1. The number of nitrogens with zero attached hydrogens (tertiary/aromatic N) is 2. The van der Waals surface area contributed by atoms with Crippen molar-refractivity contribution < 1.29 is 17.9 Å². The van der Waals surface area contributed by atoms with Gasteiger partial charge >= 0.3 is 6.18 Å². The third-order valence-electron chi connectivity index (χ3n) is 4.31. The number of hydrogen-bond donors (Lipinski definition) is 0. The fraction of sp³-hybridized carbons (Fsp3) is 0.421. The Morgan fingerprint density at radius 1 is 1.08 bits per heavy atom. The summed E-state index contributed by atoms with van der Waals surface area (Å²) in [5.41, 5.74) is 0.544. The van der Waals surface area contributed by atoms with E-state index < -0.39 is 11.7 Å². The molecule has 0 amide bonds. The lowest BCUT2D eigenvalue weighted by Gasteiger charge is -2.26. The fourth-order valence-corrected chi connectivity index (χ4v) is 3.16. The first-order valence-electron chi connectivity index (χ1n) is 8.41. The van der Waals surface area contributed by atoms with Gasteiger partial charge in [0.15, 0.2) is 0 Å². The van der Waals surface area contributed by atoms with Crippen molar-refractivity contribution in [3.63, 3.8) is 0 Å². The highest BCUT2D eigenvalue weighted by Gasteiger charge is 2.33. The number of hydrogen-bond acceptors (Lipinski definition) is 3. The topological polar surface area (TPSA) is 25.4 Å². The summed E-state index contributed by atoms with van der Waals surface area (Å²) in [6.07, 6.45) is -0.636. The molecular formula is C19H21F3N2O. The Bertz CT molecular complexity index is 670. The summed E-state index contributed by atoms with van der Waals surface area (Å²) in [5, 5.41) is 0. The first kappa shape index (κ1) is 17.9. The molecule has 6 heteroatoms. The number of pyridine rings is 1. The molecule has 25 heavy (non-hydrogen) atoms. The number of alkyl halides is 3. The van der Waals surface area contributed by atoms with Crippen molar-refractivity contribution in [2.75, 3.05) is 13.2 Å². The monoisotopic (exact) mass is 350 g/mol. The minimum atomic E-state index is -4.35. The van der Waals surface area contributed by atoms with Gasteiger partial charge in [-0.2, -0.15) is 13.2 Å². The van der Waals surface area contributed by atoms with E-state index in [1.807, 2.05) is 23.1 Å². The molecule has 0 aliphatic carbocycles. The van der Waals surface area contributed by atoms with Crippen molar-refractivity contribution in [1.29, 1.82) is 0 Å². The Morgan fingerprint density at radius 3 is 2.56 bits per heavy atom. The van der Waals surface area contributed by atoms with Crippen molar-refractivity contribution >= 4 is 0 Å². The summed E-state index contributed by atoms with van der Waals surface area (Å²) in [6, 6.07) is 11.4. The lowest BCUT2D eigenvalue weighted by Crippen LogP contribution is -2.32. The lowest BCUT2D eigenvalue weighted by atomic mass is 10.1. The van der Waals surface area contributed by atoms with Crippen LogP contribution >= 0.6 is 0 Å². The van der Waals surface area contributed by atoms with Gasteiger partial charge < -0.3 is 4.74 Å². The number of ether oxygens (including phenoxy) is 1.